The van der Waals surface area contributed by atoms with Crippen LogP contribution >= 0.6 is 11.3 Å². The van der Waals surface area contributed by atoms with Gasteiger partial charge in [-0.05, 0) is 41.5 Å². The van der Waals surface area contributed by atoms with E-state index in [4.69, 9.17) is 24.4 Å². The van der Waals surface area contributed by atoms with Crippen molar-refractivity contribution in [2.45, 2.75) is 0 Å². The molecule has 46 heavy (non-hydrogen) atoms. The molecule has 0 aliphatic carbocycles. The molecule has 0 bridgehead atoms. The van der Waals surface area contributed by atoms with Crippen LogP contribution in [0, 0.1) is 0 Å². The van der Waals surface area contributed by atoms with Crippen LogP contribution in [-0.4, -0.2) is 19.9 Å². The van der Waals surface area contributed by atoms with E-state index in [9.17, 15) is 0 Å². The van der Waals surface area contributed by atoms with Gasteiger partial charge in [0.15, 0.2) is 17.5 Å². The molecule has 5 nitrogen and oxygen atoms in total. The number of benzene rings is 6. The summed E-state index contributed by atoms with van der Waals surface area (Å²) < 4.78 is 7.90. The predicted octanol–water partition coefficient (Wildman–Crippen LogP) is 10.7. The molecule has 0 fully saturated rings. The zero-order valence-corrected chi connectivity index (χ0v) is 25.3. The SMILES string of the molecule is c1ccc(-c2cccc(-c3nc(-c4ccccc4)nc(-c4cccc5c4oc4c(-c6nc7ccccc7s6)cccc45)n3)c2)cc1. The van der Waals surface area contributed by atoms with Gasteiger partial charge in [0.1, 0.15) is 16.2 Å². The van der Waals surface area contributed by atoms with Crippen molar-refractivity contribution >= 4 is 43.5 Å². The maximum absolute atomic E-state index is 6.75. The van der Waals surface area contributed by atoms with Gasteiger partial charge in [0.2, 0.25) is 0 Å². The van der Waals surface area contributed by atoms with Gasteiger partial charge in [0.05, 0.1) is 21.3 Å². The highest BCUT2D eigenvalue weighted by atomic mass is 32.1. The highest BCUT2D eigenvalue weighted by Gasteiger charge is 2.20. The molecule has 216 valence electrons. The predicted molar refractivity (Wildman–Crippen MR) is 187 cm³/mol. The van der Waals surface area contributed by atoms with Crippen molar-refractivity contribution < 1.29 is 4.42 Å². The molecule has 0 unspecified atom stereocenters. The summed E-state index contributed by atoms with van der Waals surface area (Å²) in [7, 11) is 0. The minimum atomic E-state index is 0.556. The molecule has 3 aromatic heterocycles. The van der Waals surface area contributed by atoms with Crippen molar-refractivity contribution in [1.82, 2.24) is 19.9 Å². The van der Waals surface area contributed by atoms with Crippen LogP contribution in [0.4, 0.5) is 0 Å². The monoisotopic (exact) mass is 608 g/mol. The van der Waals surface area contributed by atoms with E-state index in [0.717, 1.165) is 70.5 Å². The molecule has 0 N–H and O–H groups in total. The number of hydrogen-bond acceptors (Lipinski definition) is 6. The maximum atomic E-state index is 6.75. The lowest BCUT2D eigenvalue weighted by Crippen LogP contribution is -2.00. The van der Waals surface area contributed by atoms with E-state index in [1.807, 2.05) is 91.0 Å². The molecule has 0 aliphatic rings. The Hall–Kier alpha value is -5.98. The molecule has 0 saturated heterocycles. The second-order valence-electron chi connectivity index (χ2n) is 11.1. The van der Waals surface area contributed by atoms with Crippen molar-refractivity contribution in [1.29, 1.82) is 0 Å². The molecule has 0 atom stereocenters. The molecule has 6 heteroatoms. The number of nitrogens with zero attached hydrogens (tertiary/aromatic N) is 4. The lowest BCUT2D eigenvalue weighted by molar-refractivity contribution is 0.670. The average molecular weight is 609 g/mol. The van der Waals surface area contributed by atoms with E-state index in [1.54, 1.807) is 11.3 Å². The summed E-state index contributed by atoms with van der Waals surface area (Å²) in [6.45, 7) is 0. The first-order chi connectivity index (χ1) is 22.8. The van der Waals surface area contributed by atoms with Crippen molar-refractivity contribution in [3.63, 3.8) is 0 Å². The Bertz CT molecular complexity index is 2500. The van der Waals surface area contributed by atoms with Crippen LogP contribution in [0.5, 0.6) is 0 Å². The molecule has 0 radical (unpaired) electrons. The van der Waals surface area contributed by atoms with Crippen LogP contribution in [0.25, 0.3) is 88.0 Å². The molecule has 3 heterocycles. The molecule has 0 aliphatic heterocycles. The zero-order chi connectivity index (χ0) is 30.5. The largest absolute Gasteiger partial charge is 0.455 e. The summed E-state index contributed by atoms with van der Waals surface area (Å²) in [5.41, 5.74) is 8.37. The molecular formula is C40H24N4OS. The standard InChI is InChI=1S/C40H24N4OS/c1-3-12-25(13-4-1)27-16-9-17-28(24-27)38-42-37(26-14-5-2-6-15-26)43-39(44-38)31-20-10-18-29-30-19-11-21-32(36(30)45-35(29)31)40-41-33-22-7-8-23-34(33)46-40/h1-24H. The number of fused-ring (bicyclic) bond motifs is 4. The molecule has 9 rings (SSSR count). The fourth-order valence-corrected chi connectivity index (χ4v) is 6.95. The van der Waals surface area contributed by atoms with Gasteiger partial charge in [0, 0.05) is 21.9 Å². The van der Waals surface area contributed by atoms with Gasteiger partial charge in [0.25, 0.3) is 0 Å². The second-order valence-corrected chi connectivity index (χ2v) is 12.1. The normalized spacial score (nSPS) is 11.5. The first-order valence-electron chi connectivity index (χ1n) is 15.1. The van der Waals surface area contributed by atoms with E-state index in [1.165, 1.54) is 0 Å². The first kappa shape index (κ1) is 26.4. The highest BCUT2D eigenvalue weighted by molar-refractivity contribution is 7.21. The minimum absolute atomic E-state index is 0.556. The van der Waals surface area contributed by atoms with Gasteiger partial charge >= 0.3 is 0 Å². The molecule has 6 aromatic carbocycles. The Kier molecular flexibility index (Phi) is 6.25. The summed E-state index contributed by atoms with van der Waals surface area (Å²) in [5.74, 6) is 1.76. The third-order valence-electron chi connectivity index (χ3n) is 8.18. The van der Waals surface area contributed by atoms with Gasteiger partial charge in [-0.1, -0.05) is 115 Å². The van der Waals surface area contributed by atoms with Crippen LogP contribution in [-0.2, 0) is 0 Å². The third kappa shape index (κ3) is 4.55. The van der Waals surface area contributed by atoms with Gasteiger partial charge in [-0.3, -0.25) is 0 Å². The molecule has 9 aromatic rings. The van der Waals surface area contributed by atoms with E-state index in [2.05, 4.69) is 54.6 Å². The summed E-state index contributed by atoms with van der Waals surface area (Å²) in [6.07, 6.45) is 0. The molecule has 0 amide bonds. The van der Waals surface area contributed by atoms with Gasteiger partial charge in [-0.15, -0.1) is 11.3 Å². The highest BCUT2D eigenvalue weighted by Crippen LogP contribution is 2.41. The van der Waals surface area contributed by atoms with Crippen molar-refractivity contribution in [3.05, 3.63) is 146 Å². The third-order valence-corrected chi connectivity index (χ3v) is 9.25. The van der Waals surface area contributed by atoms with E-state index >= 15 is 0 Å². The smallest absolute Gasteiger partial charge is 0.167 e. The summed E-state index contributed by atoms with van der Waals surface area (Å²) in [4.78, 5) is 20.0. The number of para-hydroxylation sites is 3. The van der Waals surface area contributed by atoms with Crippen LogP contribution in [0.1, 0.15) is 0 Å². The summed E-state index contributed by atoms with van der Waals surface area (Å²) >= 11 is 1.67. The van der Waals surface area contributed by atoms with E-state index in [0.29, 0.717) is 17.5 Å². The van der Waals surface area contributed by atoms with E-state index in [-0.39, 0.29) is 0 Å². The van der Waals surface area contributed by atoms with Crippen molar-refractivity contribution in [2.75, 3.05) is 0 Å². The van der Waals surface area contributed by atoms with Crippen LogP contribution < -0.4 is 0 Å². The fraction of sp³-hybridized carbons (Fsp3) is 0. The number of furan rings is 1. The van der Waals surface area contributed by atoms with Crippen LogP contribution in [0.15, 0.2) is 150 Å². The maximum Gasteiger partial charge on any atom is 0.167 e. The minimum Gasteiger partial charge on any atom is -0.455 e. The lowest BCUT2D eigenvalue weighted by atomic mass is 10.0. The summed E-state index contributed by atoms with van der Waals surface area (Å²) in [5, 5.41) is 2.96. The lowest BCUT2D eigenvalue weighted by Gasteiger charge is -2.10. The van der Waals surface area contributed by atoms with Crippen molar-refractivity contribution in [3.8, 4) is 55.9 Å². The fourth-order valence-electron chi connectivity index (χ4n) is 5.96. The van der Waals surface area contributed by atoms with Crippen LogP contribution in [0.3, 0.4) is 0 Å². The first-order valence-corrected chi connectivity index (χ1v) is 15.9. The average Bonchev–Trinajstić information content (AvgIpc) is 3.74. The quantitative estimate of drug-likeness (QED) is 0.194. The number of rotatable bonds is 5. The Labute approximate surface area is 268 Å². The number of aromatic nitrogens is 4. The Balaban J connectivity index is 1.25. The van der Waals surface area contributed by atoms with Gasteiger partial charge in [-0.2, -0.15) is 0 Å². The number of thiazole rings is 1. The molecular weight excluding hydrogens is 585 g/mol. The van der Waals surface area contributed by atoms with Gasteiger partial charge in [-0.25, -0.2) is 19.9 Å². The number of hydrogen-bond donors (Lipinski definition) is 0. The Morgan fingerprint density at radius 1 is 0.413 bits per heavy atom. The van der Waals surface area contributed by atoms with Crippen LogP contribution in [0.2, 0.25) is 0 Å². The van der Waals surface area contributed by atoms with E-state index < -0.39 is 0 Å². The Morgan fingerprint density at radius 3 is 1.74 bits per heavy atom. The molecule has 0 saturated carbocycles. The second kappa shape index (κ2) is 10.9. The topological polar surface area (TPSA) is 64.7 Å². The van der Waals surface area contributed by atoms with Crippen molar-refractivity contribution in [2.24, 2.45) is 0 Å². The summed E-state index contributed by atoms with van der Waals surface area (Å²) in [6, 6.07) is 49.3. The Morgan fingerprint density at radius 2 is 0.978 bits per heavy atom. The zero-order valence-electron chi connectivity index (χ0n) is 24.5. The molecule has 0 spiro atoms. The van der Waals surface area contributed by atoms with Gasteiger partial charge < -0.3 is 4.42 Å².